The second-order valence-corrected chi connectivity index (χ2v) is 5.43. The number of hydrogen-bond donors (Lipinski definition) is 0. The summed E-state index contributed by atoms with van der Waals surface area (Å²) in [6.07, 6.45) is 6.00. The standard InChI is InChI=1S/C15H16N2O2/c1-9-6-10(2)13-12(7-9)14(18)17(15(13)19)11-4-3-5-16-8-11/h3-6,8,10,12-13H,7H2,1-2H3/t10-,12+,13-/m1/s1. The van der Waals surface area contributed by atoms with Crippen molar-refractivity contribution in [2.75, 3.05) is 4.90 Å². The number of allylic oxidation sites excluding steroid dienone is 2. The monoisotopic (exact) mass is 256 g/mol. The van der Waals surface area contributed by atoms with Gasteiger partial charge in [-0.15, -0.1) is 0 Å². The van der Waals surface area contributed by atoms with Crippen LogP contribution in [0.15, 0.2) is 36.2 Å². The Labute approximate surface area is 112 Å². The maximum atomic E-state index is 12.5. The van der Waals surface area contributed by atoms with Gasteiger partial charge in [0.05, 0.1) is 23.7 Å². The zero-order chi connectivity index (χ0) is 13.6. The molecule has 19 heavy (non-hydrogen) atoms. The van der Waals surface area contributed by atoms with Crippen molar-refractivity contribution in [1.82, 2.24) is 4.98 Å². The molecule has 1 saturated heterocycles. The van der Waals surface area contributed by atoms with Gasteiger partial charge in [0.1, 0.15) is 0 Å². The topological polar surface area (TPSA) is 50.3 Å². The molecule has 98 valence electrons. The van der Waals surface area contributed by atoms with Gasteiger partial charge in [0.15, 0.2) is 0 Å². The van der Waals surface area contributed by atoms with Gasteiger partial charge in [-0.25, -0.2) is 4.90 Å². The van der Waals surface area contributed by atoms with Gasteiger partial charge in [-0.2, -0.15) is 0 Å². The number of nitrogens with zero attached hydrogens (tertiary/aromatic N) is 2. The predicted molar refractivity (Wildman–Crippen MR) is 71.2 cm³/mol. The maximum absolute atomic E-state index is 12.5. The number of aromatic nitrogens is 1. The van der Waals surface area contributed by atoms with E-state index in [1.54, 1.807) is 24.5 Å². The predicted octanol–water partition coefficient (Wildman–Crippen LogP) is 2.17. The molecular weight excluding hydrogens is 240 g/mol. The molecule has 2 aliphatic rings. The zero-order valence-electron chi connectivity index (χ0n) is 11.0. The van der Waals surface area contributed by atoms with Crippen LogP contribution in [-0.4, -0.2) is 16.8 Å². The van der Waals surface area contributed by atoms with Crippen LogP contribution in [0.1, 0.15) is 20.3 Å². The molecule has 1 aliphatic heterocycles. The van der Waals surface area contributed by atoms with E-state index in [4.69, 9.17) is 0 Å². The van der Waals surface area contributed by atoms with Crippen LogP contribution in [-0.2, 0) is 9.59 Å². The molecule has 3 rings (SSSR count). The lowest BCUT2D eigenvalue weighted by Crippen LogP contribution is -2.31. The molecule has 0 aromatic carbocycles. The fraction of sp³-hybridized carbons (Fsp3) is 0.400. The first kappa shape index (κ1) is 12.1. The summed E-state index contributed by atoms with van der Waals surface area (Å²) in [5.41, 5.74) is 1.78. The van der Waals surface area contributed by atoms with Gasteiger partial charge in [-0.1, -0.05) is 18.6 Å². The fourth-order valence-corrected chi connectivity index (χ4v) is 3.26. The molecule has 1 aromatic rings. The summed E-state index contributed by atoms with van der Waals surface area (Å²) in [6.45, 7) is 4.04. The highest BCUT2D eigenvalue weighted by molar-refractivity contribution is 6.22. The molecule has 1 aromatic heterocycles. The molecular formula is C15H16N2O2. The third-order valence-electron chi connectivity index (χ3n) is 4.04. The first-order valence-corrected chi connectivity index (χ1v) is 6.54. The van der Waals surface area contributed by atoms with E-state index in [9.17, 15) is 9.59 Å². The molecule has 2 heterocycles. The van der Waals surface area contributed by atoms with Gasteiger partial charge in [0, 0.05) is 6.20 Å². The Bertz CT molecular complexity index is 565. The molecule has 0 bridgehead atoms. The van der Waals surface area contributed by atoms with E-state index >= 15 is 0 Å². The Balaban J connectivity index is 2.00. The largest absolute Gasteiger partial charge is 0.274 e. The highest BCUT2D eigenvalue weighted by Gasteiger charge is 2.51. The summed E-state index contributed by atoms with van der Waals surface area (Å²) >= 11 is 0. The van der Waals surface area contributed by atoms with Gasteiger partial charge in [-0.05, 0) is 31.4 Å². The molecule has 1 aliphatic carbocycles. The minimum absolute atomic E-state index is 0.0812. The van der Waals surface area contributed by atoms with Crippen LogP contribution in [0, 0.1) is 17.8 Å². The number of pyridine rings is 1. The smallest absolute Gasteiger partial charge is 0.238 e. The molecule has 3 atom stereocenters. The number of imide groups is 1. The lowest BCUT2D eigenvalue weighted by atomic mass is 9.76. The molecule has 0 saturated carbocycles. The Morgan fingerprint density at radius 1 is 1.32 bits per heavy atom. The van der Waals surface area contributed by atoms with Gasteiger partial charge < -0.3 is 0 Å². The lowest BCUT2D eigenvalue weighted by Gasteiger charge is -2.25. The minimum Gasteiger partial charge on any atom is -0.274 e. The molecule has 0 unspecified atom stereocenters. The molecule has 0 radical (unpaired) electrons. The second-order valence-electron chi connectivity index (χ2n) is 5.43. The zero-order valence-corrected chi connectivity index (χ0v) is 11.0. The number of rotatable bonds is 1. The van der Waals surface area contributed by atoms with Crippen LogP contribution in [0.2, 0.25) is 0 Å². The summed E-state index contributed by atoms with van der Waals surface area (Å²) in [5.74, 6) is -0.456. The van der Waals surface area contributed by atoms with E-state index in [0.717, 1.165) is 0 Å². The summed E-state index contributed by atoms with van der Waals surface area (Å²) < 4.78 is 0. The summed E-state index contributed by atoms with van der Waals surface area (Å²) in [7, 11) is 0. The van der Waals surface area contributed by atoms with Crippen molar-refractivity contribution in [3.63, 3.8) is 0 Å². The van der Waals surface area contributed by atoms with E-state index in [1.807, 2.05) is 13.8 Å². The van der Waals surface area contributed by atoms with E-state index < -0.39 is 0 Å². The molecule has 4 nitrogen and oxygen atoms in total. The van der Waals surface area contributed by atoms with Crippen molar-refractivity contribution in [2.24, 2.45) is 17.8 Å². The summed E-state index contributed by atoms with van der Waals surface area (Å²) in [4.78, 5) is 30.3. The average Bonchev–Trinajstić information content (AvgIpc) is 2.62. The van der Waals surface area contributed by atoms with E-state index in [-0.39, 0.29) is 29.6 Å². The number of hydrogen-bond acceptors (Lipinski definition) is 3. The van der Waals surface area contributed by atoms with Crippen molar-refractivity contribution >= 4 is 17.5 Å². The van der Waals surface area contributed by atoms with Crippen molar-refractivity contribution < 1.29 is 9.59 Å². The fourth-order valence-electron chi connectivity index (χ4n) is 3.26. The van der Waals surface area contributed by atoms with E-state index in [0.29, 0.717) is 12.1 Å². The Morgan fingerprint density at radius 2 is 2.11 bits per heavy atom. The summed E-state index contributed by atoms with van der Waals surface area (Å²) in [5, 5.41) is 0. The first-order chi connectivity index (χ1) is 9.09. The Kier molecular flexibility index (Phi) is 2.73. The van der Waals surface area contributed by atoms with Crippen LogP contribution in [0.5, 0.6) is 0 Å². The minimum atomic E-state index is -0.212. The second kappa shape index (κ2) is 4.30. The highest BCUT2D eigenvalue weighted by Crippen LogP contribution is 2.42. The SMILES string of the molecule is CC1=C[C@@H](C)[C@H]2C(=O)N(c3cccnc3)C(=O)[C@H]2C1. The van der Waals surface area contributed by atoms with Crippen LogP contribution < -0.4 is 4.90 Å². The van der Waals surface area contributed by atoms with Crippen molar-refractivity contribution in [3.8, 4) is 0 Å². The molecule has 1 fully saturated rings. The van der Waals surface area contributed by atoms with Gasteiger partial charge in [0.2, 0.25) is 11.8 Å². The van der Waals surface area contributed by atoms with Crippen LogP contribution in [0.25, 0.3) is 0 Å². The van der Waals surface area contributed by atoms with Crippen molar-refractivity contribution in [2.45, 2.75) is 20.3 Å². The van der Waals surface area contributed by atoms with E-state index in [2.05, 4.69) is 11.1 Å². The van der Waals surface area contributed by atoms with Gasteiger partial charge in [-0.3, -0.25) is 14.6 Å². The lowest BCUT2D eigenvalue weighted by molar-refractivity contribution is -0.122. The van der Waals surface area contributed by atoms with Crippen LogP contribution in [0.3, 0.4) is 0 Å². The number of anilines is 1. The van der Waals surface area contributed by atoms with Crippen molar-refractivity contribution in [1.29, 1.82) is 0 Å². The average molecular weight is 256 g/mol. The first-order valence-electron chi connectivity index (χ1n) is 6.54. The van der Waals surface area contributed by atoms with Gasteiger partial charge >= 0.3 is 0 Å². The highest BCUT2D eigenvalue weighted by atomic mass is 16.2. The molecule has 2 amide bonds. The number of carbonyl (C=O) groups is 2. The normalized spacial score (nSPS) is 30.3. The number of fused-ring (bicyclic) bond motifs is 1. The Hall–Kier alpha value is -1.97. The third-order valence-corrected chi connectivity index (χ3v) is 4.04. The molecule has 0 spiro atoms. The molecule has 4 heteroatoms. The van der Waals surface area contributed by atoms with Gasteiger partial charge in [0.25, 0.3) is 0 Å². The number of amides is 2. The quantitative estimate of drug-likeness (QED) is 0.571. The third kappa shape index (κ3) is 1.79. The molecule has 0 N–H and O–H groups in total. The number of carbonyl (C=O) groups excluding carboxylic acids is 2. The van der Waals surface area contributed by atoms with E-state index in [1.165, 1.54) is 10.5 Å². The van der Waals surface area contributed by atoms with Crippen LogP contribution >= 0.6 is 0 Å². The Morgan fingerprint density at radius 3 is 2.79 bits per heavy atom. The maximum Gasteiger partial charge on any atom is 0.238 e. The van der Waals surface area contributed by atoms with Crippen molar-refractivity contribution in [3.05, 3.63) is 36.2 Å². The van der Waals surface area contributed by atoms with Crippen LogP contribution in [0.4, 0.5) is 5.69 Å². The summed E-state index contributed by atoms with van der Waals surface area (Å²) in [6, 6.07) is 3.50.